The van der Waals surface area contributed by atoms with Gasteiger partial charge in [-0.3, -0.25) is 4.79 Å². The van der Waals surface area contributed by atoms with E-state index in [1.54, 1.807) is 0 Å². The molecule has 0 aliphatic carbocycles. The minimum absolute atomic E-state index is 0.00768. The van der Waals surface area contributed by atoms with E-state index >= 15 is 0 Å². The molecule has 1 rings (SSSR count). The number of ether oxygens (including phenoxy) is 1. The summed E-state index contributed by atoms with van der Waals surface area (Å²) in [5.74, 6) is -0.670. The standard InChI is InChI=1S/C8H5ClF3NO2/c9-7-4(3-14)6(2-1-5(7)13)15-8(10,11)12/h1-3H,13H2. The lowest BCUT2D eigenvalue weighted by atomic mass is 10.2. The van der Waals surface area contributed by atoms with Crippen LogP contribution in [0.2, 0.25) is 5.02 Å². The molecule has 0 unspecified atom stereocenters. The third kappa shape index (κ3) is 2.76. The van der Waals surface area contributed by atoms with Gasteiger partial charge in [-0.25, -0.2) is 0 Å². The largest absolute Gasteiger partial charge is 0.573 e. The number of carbonyl (C=O) groups is 1. The lowest BCUT2D eigenvalue weighted by Gasteiger charge is -2.12. The SMILES string of the molecule is Nc1ccc(OC(F)(F)F)c(C=O)c1Cl. The minimum atomic E-state index is -4.88. The number of nitrogens with two attached hydrogens (primary N) is 1. The van der Waals surface area contributed by atoms with Crippen LogP contribution >= 0.6 is 11.6 Å². The van der Waals surface area contributed by atoms with Crippen LogP contribution in [-0.4, -0.2) is 12.6 Å². The van der Waals surface area contributed by atoms with Crippen molar-refractivity contribution in [2.75, 3.05) is 5.73 Å². The molecule has 7 heteroatoms. The predicted molar refractivity (Wildman–Crippen MR) is 47.9 cm³/mol. The summed E-state index contributed by atoms with van der Waals surface area (Å²) < 4.78 is 39.2. The van der Waals surface area contributed by atoms with E-state index < -0.39 is 17.7 Å². The Morgan fingerprint density at radius 3 is 2.47 bits per heavy atom. The molecule has 0 spiro atoms. The molecule has 0 aliphatic rings. The Hall–Kier alpha value is -1.43. The molecule has 0 atom stereocenters. The second-order valence-electron chi connectivity index (χ2n) is 2.55. The topological polar surface area (TPSA) is 52.3 Å². The van der Waals surface area contributed by atoms with Crippen LogP contribution in [0.5, 0.6) is 5.75 Å². The molecule has 0 saturated carbocycles. The van der Waals surface area contributed by atoms with Gasteiger partial charge in [0.25, 0.3) is 0 Å². The monoisotopic (exact) mass is 239 g/mol. The molecule has 0 fully saturated rings. The highest BCUT2D eigenvalue weighted by Crippen LogP contribution is 2.33. The van der Waals surface area contributed by atoms with Gasteiger partial charge in [0.15, 0.2) is 6.29 Å². The molecule has 82 valence electrons. The quantitative estimate of drug-likeness (QED) is 0.638. The Labute approximate surface area is 87.6 Å². The van der Waals surface area contributed by atoms with Gasteiger partial charge in [0, 0.05) is 0 Å². The summed E-state index contributed by atoms with van der Waals surface area (Å²) in [6.45, 7) is 0. The zero-order valence-electron chi connectivity index (χ0n) is 7.14. The number of rotatable bonds is 2. The molecule has 0 heterocycles. The van der Waals surface area contributed by atoms with Crippen molar-refractivity contribution in [1.82, 2.24) is 0 Å². The molecule has 0 radical (unpaired) electrons. The first kappa shape index (κ1) is 11.6. The first-order chi connectivity index (χ1) is 6.85. The molecule has 15 heavy (non-hydrogen) atoms. The number of carbonyl (C=O) groups excluding carboxylic acids is 1. The Bertz CT molecular complexity index is 392. The summed E-state index contributed by atoms with van der Waals surface area (Å²) in [7, 11) is 0. The number of hydrogen-bond acceptors (Lipinski definition) is 3. The van der Waals surface area contributed by atoms with E-state index in [-0.39, 0.29) is 17.0 Å². The fourth-order valence-electron chi connectivity index (χ4n) is 0.916. The summed E-state index contributed by atoms with van der Waals surface area (Å²) in [5.41, 5.74) is 4.89. The van der Waals surface area contributed by atoms with Crippen LogP contribution in [0.4, 0.5) is 18.9 Å². The van der Waals surface area contributed by atoms with Crippen LogP contribution < -0.4 is 10.5 Å². The normalized spacial score (nSPS) is 11.2. The van der Waals surface area contributed by atoms with Crippen molar-refractivity contribution in [1.29, 1.82) is 0 Å². The smallest absolute Gasteiger partial charge is 0.405 e. The van der Waals surface area contributed by atoms with Gasteiger partial charge in [-0.05, 0) is 12.1 Å². The summed E-state index contributed by atoms with van der Waals surface area (Å²) in [4.78, 5) is 10.5. The maximum Gasteiger partial charge on any atom is 0.573 e. The highest BCUT2D eigenvalue weighted by Gasteiger charge is 2.32. The Morgan fingerprint density at radius 2 is 2.00 bits per heavy atom. The van der Waals surface area contributed by atoms with Crippen LogP contribution in [0.25, 0.3) is 0 Å². The van der Waals surface area contributed by atoms with E-state index in [1.807, 2.05) is 0 Å². The van der Waals surface area contributed by atoms with Crippen molar-refractivity contribution < 1.29 is 22.7 Å². The summed E-state index contributed by atoms with van der Waals surface area (Å²) >= 11 is 5.52. The molecule has 0 aromatic heterocycles. The summed E-state index contributed by atoms with van der Waals surface area (Å²) in [5, 5.41) is -0.258. The van der Waals surface area contributed by atoms with E-state index in [2.05, 4.69) is 4.74 Å². The van der Waals surface area contributed by atoms with Crippen molar-refractivity contribution in [2.45, 2.75) is 6.36 Å². The van der Waals surface area contributed by atoms with E-state index in [4.69, 9.17) is 17.3 Å². The molecule has 1 aromatic rings. The number of nitrogen functional groups attached to an aromatic ring is 1. The molecule has 3 nitrogen and oxygen atoms in total. The van der Waals surface area contributed by atoms with Crippen LogP contribution in [0.15, 0.2) is 12.1 Å². The average Bonchev–Trinajstić information content (AvgIpc) is 2.10. The van der Waals surface area contributed by atoms with Crippen molar-refractivity contribution in [3.63, 3.8) is 0 Å². The van der Waals surface area contributed by atoms with Crippen molar-refractivity contribution in [3.8, 4) is 5.75 Å². The molecule has 1 aromatic carbocycles. The van der Waals surface area contributed by atoms with Crippen molar-refractivity contribution in [2.24, 2.45) is 0 Å². The third-order valence-corrected chi connectivity index (χ3v) is 1.93. The Balaban J connectivity index is 3.19. The second kappa shape index (κ2) is 3.98. The van der Waals surface area contributed by atoms with Gasteiger partial charge >= 0.3 is 6.36 Å². The summed E-state index contributed by atoms with van der Waals surface area (Å²) in [6.07, 6.45) is -4.73. The zero-order chi connectivity index (χ0) is 11.6. The van der Waals surface area contributed by atoms with E-state index in [0.29, 0.717) is 0 Å². The van der Waals surface area contributed by atoms with E-state index in [1.165, 1.54) is 0 Å². The number of anilines is 1. The molecule has 0 saturated heterocycles. The van der Waals surface area contributed by atoms with Gasteiger partial charge in [-0.1, -0.05) is 11.6 Å². The first-order valence-electron chi connectivity index (χ1n) is 3.64. The second-order valence-corrected chi connectivity index (χ2v) is 2.92. The number of aldehydes is 1. The van der Waals surface area contributed by atoms with Crippen molar-refractivity contribution in [3.05, 3.63) is 22.7 Å². The maximum absolute atomic E-state index is 11.9. The predicted octanol–water partition coefficient (Wildman–Crippen LogP) is 2.63. The number of benzene rings is 1. The van der Waals surface area contributed by atoms with Gasteiger partial charge < -0.3 is 10.5 Å². The Kier molecular flexibility index (Phi) is 3.09. The van der Waals surface area contributed by atoms with E-state index in [9.17, 15) is 18.0 Å². The maximum atomic E-state index is 11.9. The zero-order valence-corrected chi connectivity index (χ0v) is 7.89. The van der Waals surface area contributed by atoms with Crippen LogP contribution in [0, 0.1) is 0 Å². The van der Waals surface area contributed by atoms with Crippen LogP contribution in [0.3, 0.4) is 0 Å². The molecule has 0 amide bonds. The number of hydrogen-bond donors (Lipinski definition) is 1. The summed E-state index contributed by atoms with van der Waals surface area (Å²) in [6, 6.07) is 2.05. The lowest BCUT2D eigenvalue weighted by molar-refractivity contribution is -0.274. The third-order valence-electron chi connectivity index (χ3n) is 1.51. The first-order valence-corrected chi connectivity index (χ1v) is 4.02. The number of halogens is 4. The molecular formula is C8H5ClF3NO2. The van der Waals surface area contributed by atoms with Gasteiger partial charge in [0.1, 0.15) is 5.75 Å². The Morgan fingerprint density at radius 1 is 1.40 bits per heavy atom. The van der Waals surface area contributed by atoms with Crippen LogP contribution in [0.1, 0.15) is 10.4 Å². The fourth-order valence-corrected chi connectivity index (χ4v) is 1.12. The molecule has 0 aliphatic heterocycles. The highest BCUT2D eigenvalue weighted by atomic mass is 35.5. The molecular weight excluding hydrogens is 235 g/mol. The lowest BCUT2D eigenvalue weighted by Crippen LogP contribution is -2.18. The van der Waals surface area contributed by atoms with Gasteiger partial charge in [-0.15, -0.1) is 13.2 Å². The van der Waals surface area contributed by atoms with E-state index in [0.717, 1.165) is 12.1 Å². The van der Waals surface area contributed by atoms with Gasteiger partial charge in [0.2, 0.25) is 0 Å². The number of alkyl halides is 3. The minimum Gasteiger partial charge on any atom is -0.405 e. The highest BCUT2D eigenvalue weighted by molar-refractivity contribution is 6.35. The van der Waals surface area contributed by atoms with Gasteiger partial charge in [0.05, 0.1) is 16.3 Å². The van der Waals surface area contributed by atoms with Crippen molar-refractivity contribution >= 4 is 23.6 Å². The average molecular weight is 240 g/mol. The fraction of sp³-hybridized carbons (Fsp3) is 0.125. The molecule has 0 bridgehead atoms. The molecule has 2 N–H and O–H groups in total. The van der Waals surface area contributed by atoms with Gasteiger partial charge in [-0.2, -0.15) is 0 Å². The van der Waals surface area contributed by atoms with Crippen LogP contribution in [-0.2, 0) is 0 Å².